The van der Waals surface area contributed by atoms with E-state index >= 15 is 0 Å². The van der Waals surface area contributed by atoms with E-state index in [1.165, 1.54) is 19.3 Å². The fourth-order valence-electron chi connectivity index (χ4n) is 2.47. The van der Waals surface area contributed by atoms with Crippen molar-refractivity contribution in [2.45, 2.75) is 45.1 Å². The van der Waals surface area contributed by atoms with E-state index in [0.717, 1.165) is 18.9 Å². The van der Waals surface area contributed by atoms with Crippen LogP contribution in [0.25, 0.3) is 0 Å². The van der Waals surface area contributed by atoms with Gasteiger partial charge in [0, 0.05) is 20.3 Å². The van der Waals surface area contributed by atoms with Crippen molar-refractivity contribution in [3.05, 3.63) is 0 Å². The Morgan fingerprint density at radius 3 is 2.88 bits per heavy atom. The average Bonchev–Trinajstić information content (AvgIpc) is 2.72. The molecule has 1 aliphatic rings. The molecule has 0 radical (unpaired) electrons. The summed E-state index contributed by atoms with van der Waals surface area (Å²) in [4.78, 5) is 11.7. The zero-order chi connectivity index (χ0) is 12.7. The van der Waals surface area contributed by atoms with E-state index in [1.807, 2.05) is 0 Å². The third-order valence-corrected chi connectivity index (χ3v) is 3.78. The first-order valence-corrected chi connectivity index (χ1v) is 6.67. The molecule has 0 aliphatic heterocycles. The van der Waals surface area contributed by atoms with Crippen molar-refractivity contribution in [2.75, 3.05) is 20.3 Å². The highest BCUT2D eigenvalue weighted by Gasteiger charge is 2.24. The van der Waals surface area contributed by atoms with Gasteiger partial charge >= 0.3 is 0 Å². The minimum atomic E-state index is -0.387. The summed E-state index contributed by atoms with van der Waals surface area (Å²) in [6, 6.07) is -0.387. The fraction of sp³-hybridized carbons (Fsp3) is 0.923. The molecule has 0 aromatic rings. The van der Waals surface area contributed by atoms with Crippen LogP contribution >= 0.6 is 0 Å². The minimum Gasteiger partial charge on any atom is -0.385 e. The highest BCUT2D eigenvalue weighted by molar-refractivity contribution is 5.81. The van der Waals surface area contributed by atoms with E-state index < -0.39 is 0 Å². The Bertz CT molecular complexity index is 233. The summed E-state index contributed by atoms with van der Waals surface area (Å²) >= 11 is 0. The molecule has 0 aromatic carbocycles. The lowest BCUT2D eigenvalue weighted by Crippen LogP contribution is -2.42. The van der Waals surface area contributed by atoms with E-state index in [2.05, 4.69) is 12.2 Å². The number of carbonyl (C=O) groups is 1. The molecule has 1 rings (SSSR count). The summed E-state index contributed by atoms with van der Waals surface area (Å²) in [5.74, 6) is 1.37. The molecule has 3 N–H and O–H groups in total. The predicted octanol–water partition coefficient (Wildman–Crippen LogP) is 1.29. The molecule has 0 spiro atoms. The first kappa shape index (κ1) is 14.5. The number of amides is 1. The third kappa shape index (κ3) is 5.04. The summed E-state index contributed by atoms with van der Waals surface area (Å²) in [5.41, 5.74) is 5.81. The average molecular weight is 242 g/mol. The Morgan fingerprint density at radius 2 is 2.29 bits per heavy atom. The lowest BCUT2D eigenvalue weighted by atomic mass is 9.98. The van der Waals surface area contributed by atoms with Crippen LogP contribution in [0, 0.1) is 11.8 Å². The van der Waals surface area contributed by atoms with Gasteiger partial charge in [-0.15, -0.1) is 0 Å². The Hall–Kier alpha value is -0.610. The SMILES string of the molecule is COCCCC(N)C(=O)NCC1CCCC1C. The highest BCUT2D eigenvalue weighted by Crippen LogP contribution is 2.30. The maximum Gasteiger partial charge on any atom is 0.236 e. The molecule has 100 valence electrons. The number of nitrogens with one attached hydrogen (secondary N) is 1. The summed E-state index contributed by atoms with van der Waals surface area (Å²) < 4.78 is 4.94. The quantitative estimate of drug-likeness (QED) is 0.661. The maximum absolute atomic E-state index is 11.7. The first-order chi connectivity index (χ1) is 8.15. The number of carbonyl (C=O) groups excluding carboxylic acids is 1. The molecule has 1 amide bonds. The lowest BCUT2D eigenvalue weighted by molar-refractivity contribution is -0.122. The molecule has 17 heavy (non-hydrogen) atoms. The van der Waals surface area contributed by atoms with Crippen molar-refractivity contribution in [1.82, 2.24) is 5.32 Å². The van der Waals surface area contributed by atoms with Gasteiger partial charge in [-0.1, -0.05) is 19.8 Å². The standard InChI is InChI=1S/C13H26N2O2/c1-10-5-3-6-11(10)9-15-13(16)12(14)7-4-8-17-2/h10-12H,3-9,14H2,1-2H3,(H,15,16). The van der Waals surface area contributed by atoms with Crippen LogP contribution in [-0.4, -0.2) is 32.2 Å². The lowest BCUT2D eigenvalue weighted by Gasteiger charge is -2.18. The van der Waals surface area contributed by atoms with E-state index in [4.69, 9.17) is 10.5 Å². The van der Waals surface area contributed by atoms with Crippen molar-refractivity contribution >= 4 is 5.91 Å². The summed E-state index contributed by atoms with van der Waals surface area (Å²) in [5, 5.41) is 2.98. The van der Waals surface area contributed by atoms with Gasteiger partial charge in [0.05, 0.1) is 6.04 Å². The van der Waals surface area contributed by atoms with E-state index in [1.54, 1.807) is 7.11 Å². The smallest absolute Gasteiger partial charge is 0.236 e. The monoisotopic (exact) mass is 242 g/mol. The number of ether oxygens (including phenoxy) is 1. The van der Waals surface area contributed by atoms with Gasteiger partial charge in [0.15, 0.2) is 0 Å². The van der Waals surface area contributed by atoms with Crippen LogP contribution in [0.4, 0.5) is 0 Å². The van der Waals surface area contributed by atoms with Gasteiger partial charge in [-0.25, -0.2) is 0 Å². The molecule has 4 heteroatoms. The molecule has 1 fully saturated rings. The largest absolute Gasteiger partial charge is 0.385 e. The Kier molecular flexibility index (Phi) is 6.52. The van der Waals surface area contributed by atoms with Gasteiger partial charge in [0.25, 0.3) is 0 Å². The highest BCUT2D eigenvalue weighted by atomic mass is 16.5. The molecule has 3 atom stereocenters. The molecule has 4 nitrogen and oxygen atoms in total. The van der Waals surface area contributed by atoms with Gasteiger partial charge in [0.1, 0.15) is 0 Å². The zero-order valence-electron chi connectivity index (χ0n) is 11.1. The summed E-state index contributed by atoms with van der Waals surface area (Å²) in [6.07, 6.45) is 5.35. The summed E-state index contributed by atoms with van der Waals surface area (Å²) in [7, 11) is 1.66. The van der Waals surface area contributed by atoms with E-state index in [9.17, 15) is 4.79 Å². The molecule has 3 unspecified atom stereocenters. The van der Waals surface area contributed by atoms with Crippen LogP contribution in [-0.2, 0) is 9.53 Å². The predicted molar refractivity (Wildman–Crippen MR) is 68.6 cm³/mol. The second-order valence-electron chi connectivity index (χ2n) is 5.15. The molecule has 0 saturated heterocycles. The maximum atomic E-state index is 11.7. The van der Waals surface area contributed by atoms with Crippen LogP contribution in [0.5, 0.6) is 0 Å². The minimum absolute atomic E-state index is 0.0137. The van der Waals surface area contributed by atoms with Crippen molar-refractivity contribution in [3.8, 4) is 0 Å². The van der Waals surface area contributed by atoms with Crippen molar-refractivity contribution in [2.24, 2.45) is 17.6 Å². The van der Waals surface area contributed by atoms with Gasteiger partial charge in [0.2, 0.25) is 5.91 Å². The van der Waals surface area contributed by atoms with Crippen molar-refractivity contribution < 1.29 is 9.53 Å². The fourth-order valence-corrected chi connectivity index (χ4v) is 2.47. The molecule has 0 heterocycles. The normalized spacial score (nSPS) is 25.8. The van der Waals surface area contributed by atoms with Crippen LogP contribution in [0.1, 0.15) is 39.0 Å². The van der Waals surface area contributed by atoms with E-state index in [0.29, 0.717) is 18.9 Å². The number of hydrogen-bond donors (Lipinski definition) is 2. The van der Waals surface area contributed by atoms with Crippen LogP contribution in [0.3, 0.4) is 0 Å². The van der Waals surface area contributed by atoms with Gasteiger partial charge in [-0.3, -0.25) is 4.79 Å². The Labute approximate surface area is 104 Å². The Balaban J connectivity index is 2.15. The van der Waals surface area contributed by atoms with E-state index in [-0.39, 0.29) is 11.9 Å². The second kappa shape index (κ2) is 7.67. The molecular formula is C13H26N2O2. The number of nitrogens with two attached hydrogens (primary N) is 1. The van der Waals surface area contributed by atoms with Crippen LogP contribution in [0.2, 0.25) is 0 Å². The molecule has 0 bridgehead atoms. The van der Waals surface area contributed by atoms with Crippen LogP contribution < -0.4 is 11.1 Å². The third-order valence-electron chi connectivity index (χ3n) is 3.78. The van der Waals surface area contributed by atoms with Crippen molar-refractivity contribution in [1.29, 1.82) is 0 Å². The topological polar surface area (TPSA) is 64.3 Å². The second-order valence-corrected chi connectivity index (χ2v) is 5.15. The Morgan fingerprint density at radius 1 is 1.53 bits per heavy atom. The number of methoxy groups -OCH3 is 1. The molecule has 1 aliphatic carbocycles. The van der Waals surface area contributed by atoms with Gasteiger partial charge < -0.3 is 15.8 Å². The van der Waals surface area contributed by atoms with Crippen molar-refractivity contribution in [3.63, 3.8) is 0 Å². The number of hydrogen-bond acceptors (Lipinski definition) is 3. The van der Waals surface area contributed by atoms with Gasteiger partial charge in [-0.2, -0.15) is 0 Å². The summed E-state index contributed by atoms with van der Waals surface area (Å²) in [6.45, 7) is 3.72. The molecule has 1 saturated carbocycles. The molecular weight excluding hydrogens is 216 g/mol. The first-order valence-electron chi connectivity index (χ1n) is 6.67. The number of rotatable bonds is 7. The van der Waals surface area contributed by atoms with Gasteiger partial charge in [-0.05, 0) is 31.1 Å². The zero-order valence-corrected chi connectivity index (χ0v) is 11.1. The molecule has 0 aromatic heterocycles. The van der Waals surface area contributed by atoms with Crippen LogP contribution in [0.15, 0.2) is 0 Å².